The molecule has 3 nitrogen and oxygen atoms in total. The quantitative estimate of drug-likeness (QED) is 0.687. The van der Waals surface area contributed by atoms with Crippen LogP contribution in [0.3, 0.4) is 0 Å². The van der Waals surface area contributed by atoms with E-state index in [9.17, 15) is 12.8 Å². The summed E-state index contributed by atoms with van der Waals surface area (Å²) in [6.07, 6.45) is 0. The molecule has 0 atom stereocenters. The average Bonchev–Trinajstić information content (AvgIpc) is 1.86. The van der Waals surface area contributed by atoms with Gasteiger partial charge in [0.1, 0.15) is 5.82 Å². The van der Waals surface area contributed by atoms with Gasteiger partial charge in [0.15, 0.2) is 0 Å². The maximum atomic E-state index is 12.3. The van der Waals surface area contributed by atoms with Gasteiger partial charge in [0.2, 0.25) is 0 Å². The smallest absolute Gasteiger partial charge is 0.282 e. The van der Waals surface area contributed by atoms with E-state index >= 15 is 0 Å². The highest BCUT2D eigenvalue weighted by molar-refractivity contribution is 7.85. The molecule has 0 saturated carbocycles. The van der Waals surface area contributed by atoms with Gasteiger partial charge in [-0.2, -0.15) is 8.42 Å². The van der Waals surface area contributed by atoms with Crippen LogP contribution >= 0.6 is 0 Å². The zero-order valence-corrected chi connectivity index (χ0v) is 6.58. The Morgan fingerprint density at radius 1 is 1.33 bits per heavy atom. The van der Waals surface area contributed by atoms with Gasteiger partial charge in [0.05, 0.1) is 4.90 Å². The van der Waals surface area contributed by atoms with E-state index in [0.717, 1.165) is 18.2 Å². The van der Waals surface area contributed by atoms with Crippen LogP contribution in [0.4, 0.5) is 9.09 Å². The predicted octanol–water partition coefficient (Wildman–Crippen LogP) is 1.22. The standard InChI is InChI=1S/C6H5FO3S.FH/c7-5-2-1-3-6(4-5)11(8,9)10;/h1-4H,(H,8,9,10);1H. The fourth-order valence-electron chi connectivity index (χ4n) is 0.627. The Morgan fingerprint density at radius 2 is 1.92 bits per heavy atom. The van der Waals surface area contributed by atoms with Gasteiger partial charge < -0.3 is 0 Å². The number of benzene rings is 1. The molecule has 0 aliphatic carbocycles. The van der Waals surface area contributed by atoms with Crippen molar-refractivity contribution < 1.29 is 22.1 Å². The van der Waals surface area contributed by atoms with E-state index in [-0.39, 0.29) is 4.70 Å². The van der Waals surface area contributed by atoms with Gasteiger partial charge in [-0.3, -0.25) is 9.26 Å². The molecule has 68 valence electrons. The van der Waals surface area contributed by atoms with E-state index in [4.69, 9.17) is 4.55 Å². The molecule has 1 aromatic rings. The second-order valence-corrected chi connectivity index (χ2v) is 3.35. The van der Waals surface area contributed by atoms with Crippen molar-refractivity contribution in [3.8, 4) is 0 Å². The van der Waals surface area contributed by atoms with Crippen molar-refractivity contribution in [1.82, 2.24) is 0 Å². The molecule has 0 unspecified atom stereocenters. The highest BCUT2D eigenvalue weighted by atomic mass is 32.2. The first-order chi connectivity index (χ1) is 5.00. The molecule has 1 N–H and O–H groups in total. The van der Waals surface area contributed by atoms with Crippen LogP contribution in [0.25, 0.3) is 0 Å². The molecule has 0 bridgehead atoms. The summed E-state index contributed by atoms with van der Waals surface area (Å²) in [6, 6.07) is 4.15. The SMILES string of the molecule is F.O=S(=O)(O)c1cccc(F)c1. The lowest BCUT2D eigenvalue weighted by Gasteiger charge is -1.94. The third-order valence-corrected chi connectivity index (χ3v) is 1.94. The van der Waals surface area contributed by atoms with Crippen molar-refractivity contribution in [2.45, 2.75) is 4.90 Å². The van der Waals surface area contributed by atoms with Gasteiger partial charge in [-0.25, -0.2) is 4.39 Å². The molecule has 0 amide bonds. The normalized spacial score (nSPS) is 10.5. The number of hydrogen-bond acceptors (Lipinski definition) is 2. The molecule has 1 aromatic carbocycles. The van der Waals surface area contributed by atoms with E-state index in [2.05, 4.69) is 0 Å². The molecule has 6 heteroatoms. The van der Waals surface area contributed by atoms with Gasteiger partial charge in [0, 0.05) is 0 Å². The Balaban J connectivity index is 0.00000121. The summed E-state index contributed by atoms with van der Waals surface area (Å²) >= 11 is 0. The fraction of sp³-hybridized carbons (Fsp3) is 0. The van der Waals surface area contributed by atoms with Crippen LogP contribution in [-0.4, -0.2) is 13.0 Å². The summed E-state index contributed by atoms with van der Waals surface area (Å²) in [6.45, 7) is 0. The highest BCUT2D eigenvalue weighted by Crippen LogP contribution is 2.08. The fourth-order valence-corrected chi connectivity index (χ4v) is 1.14. The van der Waals surface area contributed by atoms with Crippen LogP contribution in [0.5, 0.6) is 0 Å². The Bertz CT molecular complexity index is 361. The summed E-state index contributed by atoms with van der Waals surface area (Å²) in [5.41, 5.74) is 0. The maximum absolute atomic E-state index is 12.3. The zero-order valence-electron chi connectivity index (χ0n) is 5.77. The van der Waals surface area contributed by atoms with Crippen molar-refractivity contribution in [2.75, 3.05) is 0 Å². The largest absolute Gasteiger partial charge is 0.294 e. The Hall–Kier alpha value is -1.01. The van der Waals surface area contributed by atoms with Crippen molar-refractivity contribution in [2.24, 2.45) is 0 Å². The Kier molecular flexibility index (Phi) is 3.29. The van der Waals surface area contributed by atoms with Gasteiger partial charge >= 0.3 is 0 Å². The van der Waals surface area contributed by atoms with E-state index in [1.54, 1.807) is 0 Å². The van der Waals surface area contributed by atoms with Gasteiger partial charge in [0.25, 0.3) is 10.1 Å². The van der Waals surface area contributed by atoms with E-state index in [0.29, 0.717) is 0 Å². The Labute approximate surface area is 68.0 Å². The van der Waals surface area contributed by atoms with Crippen LogP contribution in [0, 0.1) is 5.82 Å². The molecule has 0 fully saturated rings. The summed E-state index contributed by atoms with van der Waals surface area (Å²) in [5, 5.41) is 0. The van der Waals surface area contributed by atoms with Gasteiger partial charge in [-0.05, 0) is 18.2 Å². The van der Waals surface area contributed by atoms with Crippen LogP contribution in [0.1, 0.15) is 0 Å². The average molecular weight is 196 g/mol. The van der Waals surface area contributed by atoms with Gasteiger partial charge in [-0.15, -0.1) is 0 Å². The van der Waals surface area contributed by atoms with Crippen molar-refractivity contribution in [3.05, 3.63) is 30.1 Å². The maximum Gasteiger partial charge on any atom is 0.294 e. The Morgan fingerprint density at radius 3 is 2.25 bits per heavy atom. The van der Waals surface area contributed by atoms with Crippen molar-refractivity contribution in [1.29, 1.82) is 0 Å². The minimum absolute atomic E-state index is 0. The first kappa shape index (κ1) is 11.0. The lowest BCUT2D eigenvalue weighted by molar-refractivity contribution is 0.482. The van der Waals surface area contributed by atoms with E-state index in [1.165, 1.54) is 6.07 Å². The third-order valence-electron chi connectivity index (χ3n) is 1.09. The zero-order chi connectivity index (χ0) is 8.48. The summed E-state index contributed by atoms with van der Waals surface area (Å²) in [5.74, 6) is -0.694. The van der Waals surface area contributed by atoms with E-state index < -0.39 is 20.8 Å². The molecular weight excluding hydrogens is 190 g/mol. The molecule has 0 heterocycles. The van der Waals surface area contributed by atoms with Crippen molar-refractivity contribution in [3.63, 3.8) is 0 Å². The molecular formula is C6H6F2O3S. The first-order valence-electron chi connectivity index (χ1n) is 2.73. The molecule has 0 saturated heterocycles. The van der Waals surface area contributed by atoms with E-state index in [1.807, 2.05) is 0 Å². The third kappa shape index (κ3) is 2.55. The number of rotatable bonds is 1. The molecule has 1 rings (SSSR count). The number of halogens is 2. The summed E-state index contributed by atoms with van der Waals surface area (Å²) in [4.78, 5) is -0.433. The lowest BCUT2D eigenvalue weighted by atomic mass is 10.4. The molecule has 0 radical (unpaired) electrons. The van der Waals surface area contributed by atoms with Crippen LogP contribution in [-0.2, 0) is 10.1 Å². The molecule has 0 aliphatic heterocycles. The topological polar surface area (TPSA) is 54.4 Å². The molecule has 12 heavy (non-hydrogen) atoms. The highest BCUT2D eigenvalue weighted by Gasteiger charge is 2.08. The number of hydrogen-bond donors (Lipinski definition) is 1. The molecule has 0 aromatic heterocycles. The second-order valence-electron chi connectivity index (χ2n) is 1.93. The minimum atomic E-state index is -4.27. The van der Waals surface area contributed by atoms with Crippen LogP contribution in [0.15, 0.2) is 29.2 Å². The first-order valence-corrected chi connectivity index (χ1v) is 4.17. The second kappa shape index (κ2) is 3.59. The minimum Gasteiger partial charge on any atom is -0.282 e. The van der Waals surface area contributed by atoms with Crippen LogP contribution < -0.4 is 0 Å². The summed E-state index contributed by atoms with van der Waals surface area (Å²) in [7, 11) is -4.27. The predicted molar refractivity (Wildman–Crippen MR) is 38.7 cm³/mol. The van der Waals surface area contributed by atoms with Crippen molar-refractivity contribution >= 4 is 10.1 Å². The van der Waals surface area contributed by atoms with Crippen LogP contribution in [0.2, 0.25) is 0 Å². The molecule has 0 aliphatic rings. The molecule has 0 spiro atoms. The monoisotopic (exact) mass is 196 g/mol. The van der Waals surface area contributed by atoms with Gasteiger partial charge in [-0.1, -0.05) is 6.07 Å². The lowest BCUT2D eigenvalue weighted by Crippen LogP contribution is -1.97. The summed E-state index contributed by atoms with van der Waals surface area (Å²) < 4.78 is 41.5.